The van der Waals surface area contributed by atoms with E-state index in [9.17, 15) is 27.9 Å². The number of β-lactam (4-membered cyclic amide) rings is 1. The minimum absolute atomic E-state index is 0.0516. The number of benzene rings is 1. The molecule has 5 N–H and O–H groups in total. The highest BCUT2D eigenvalue weighted by Gasteiger charge is 2.54. The lowest BCUT2D eigenvalue weighted by molar-refractivity contribution is -0.150. The third kappa shape index (κ3) is 5.70. The number of rotatable bonds is 10. The lowest BCUT2D eigenvalue weighted by Gasteiger charge is -2.49. The van der Waals surface area contributed by atoms with Crippen LogP contribution in [0.3, 0.4) is 0 Å². The standard InChI is InChI=1S/C19H21N7O7S3/c20-6-11-3-1-2-10(4-11)5-13(27)21-14-16(28)26-15(18(29)30)12(7-34-17(14)26)8-35-19-22-23-24-25(19)9-36(31,32)33/h1-4,14,17H,5-9,20H2,(H,21,27)(H,29,30)(H,31,32,33)/t14?,17-/m1/s1. The number of hydrogen-bond donors (Lipinski definition) is 4. The number of aromatic nitrogens is 4. The maximum absolute atomic E-state index is 12.8. The van der Waals surface area contributed by atoms with Crippen LogP contribution in [0.1, 0.15) is 11.1 Å². The van der Waals surface area contributed by atoms with Gasteiger partial charge in [0.05, 0.1) is 6.42 Å². The Morgan fingerprint density at radius 3 is 2.75 bits per heavy atom. The van der Waals surface area contributed by atoms with Gasteiger partial charge in [-0.25, -0.2) is 9.48 Å². The first kappa shape index (κ1) is 26.1. The molecule has 1 unspecified atom stereocenters. The van der Waals surface area contributed by atoms with E-state index in [0.29, 0.717) is 12.1 Å². The maximum atomic E-state index is 12.8. The molecule has 0 saturated carbocycles. The van der Waals surface area contributed by atoms with Crippen molar-refractivity contribution < 1.29 is 32.5 Å². The number of carbonyl (C=O) groups excluding carboxylic acids is 2. The number of carboxylic acid groups (broad SMARTS) is 1. The van der Waals surface area contributed by atoms with E-state index in [-0.39, 0.29) is 34.7 Å². The fraction of sp³-hybridized carbons (Fsp3) is 0.368. The zero-order valence-corrected chi connectivity index (χ0v) is 20.9. The summed E-state index contributed by atoms with van der Waals surface area (Å²) in [6.45, 7) is 0.338. The molecule has 0 bridgehead atoms. The minimum Gasteiger partial charge on any atom is -0.477 e. The Morgan fingerprint density at radius 1 is 1.31 bits per heavy atom. The van der Waals surface area contributed by atoms with Gasteiger partial charge in [0.15, 0.2) is 5.88 Å². The third-order valence-electron chi connectivity index (χ3n) is 5.32. The van der Waals surface area contributed by atoms with Crippen molar-refractivity contribution in [3.63, 3.8) is 0 Å². The van der Waals surface area contributed by atoms with Crippen molar-refractivity contribution in [2.24, 2.45) is 5.73 Å². The lowest BCUT2D eigenvalue weighted by atomic mass is 10.0. The zero-order valence-electron chi connectivity index (χ0n) is 18.5. The van der Waals surface area contributed by atoms with Gasteiger partial charge in [0, 0.05) is 18.1 Å². The number of amides is 2. The Bertz CT molecular complexity index is 1340. The smallest absolute Gasteiger partial charge is 0.352 e. The fourth-order valence-electron chi connectivity index (χ4n) is 3.76. The molecule has 17 heteroatoms. The monoisotopic (exact) mass is 555 g/mol. The average Bonchev–Trinajstić information content (AvgIpc) is 3.25. The Balaban J connectivity index is 1.43. The highest BCUT2D eigenvalue weighted by molar-refractivity contribution is 8.01. The quantitative estimate of drug-likeness (QED) is 0.158. The van der Waals surface area contributed by atoms with E-state index in [2.05, 4.69) is 20.8 Å². The third-order valence-corrected chi connectivity index (χ3v) is 8.27. The Labute approximate surface area is 213 Å². The molecule has 2 aliphatic heterocycles. The van der Waals surface area contributed by atoms with Crippen LogP contribution in [0.5, 0.6) is 0 Å². The molecule has 1 aromatic heterocycles. The number of fused-ring (bicyclic) bond motifs is 1. The summed E-state index contributed by atoms with van der Waals surface area (Å²) >= 11 is 2.27. The summed E-state index contributed by atoms with van der Waals surface area (Å²) in [7, 11) is -4.39. The van der Waals surface area contributed by atoms with E-state index in [1.165, 1.54) is 11.8 Å². The molecule has 2 atom stereocenters. The molecule has 0 radical (unpaired) electrons. The molecule has 0 spiro atoms. The van der Waals surface area contributed by atoms with Crippen LogP contribution in [0.25, 0.3) is 0 Å². The Hall–Kier alpha value is -2.99. The molecular weight excluding hydrogens is 534 g/mol. The van der Waals surface area contributed by atoms with Crippen LogP contribution < -0.4 is 11.1 Å². The van der Waals surface area contributed by atoms with Gasteiger partial charge in [-0.2, -0.15) is 8.42 Å². The van der Waals surface area contributed by atoms with E-state index in [1.807, 2.05) is 12.1 Å². The molecule has 14 nitrogen and oxygen atoms in total. The van der Waals surface area contributed by atoms with Gasteiger partial charge in [-0.05, 0) is 27.1 Å². The summed E-state index contributed by atoms with van der Waals surface area (Å²) in [6.07, 6.45) is 0.0524. The molecule has 3 heterocycles. The first-order valence-corrected chi connectivity index (χ1v) is 14.0. The number of nitrogens with one attached hydrogen (secondary N) is 1. The van der Waals surface area contributed by atoms with Crippen LogP contribution in [0.15, 0.2) is 40.7 Å². The van der Waals surface area contributed by atoms with Crippen molar-refractivity contribution in [1.82, 2.24) is 30.4 Å². The summed E-state index contributed by atoms with van der Waals surface area (Å²) < 4.78 is 32.1. The number of carbonyl (C=O) groups is 3. The van der Waals surface area contributed by atoms with E-state index in [4.69, 9.17) is 10.3 Å². The predicted octanol–water partition coefficient (Wildman–Crippen LogP) is -0.949. The number of tetrazole rings is 1. The second-order valence-electron chi connectivity index (χ2n) is 7.87. The van der Waals surface area contributed by atoms with Gasteiger partial charge >= 0.3 is 5.97 Å². The van der Waals surface area contributed by atoms with Crippen molar-refractivity contribution in [2.75, 3.05) is 11.5 Å². The minimum atomic E-state index is -4.39. The van der Waals surface area contributed by atoms with E-state index < -0.39 is 39.3 Å². The topological polar surface area (TPSA) is 211 Å². The summed E-state index contributed by atoms with van der Waals surface area (Å²) in [6, 6.07) is 6.38. The number of nitrogens with zero attached hydrogens (tertiary/aromatic N) is 5. The highest BCUT2D eigenvalue weighted by atomic mass is 32.2. The van der Waals surface area contributed by atoms with Gasteiger partial charge in [0.25, 0.3) is 16.0 Å². The van der Waals surface area contributed by atoms with Crippen LogP contribution in [-0.2, 0) is 43.3 Å². The molecule has 2 aliphatic rings. The van der Waals surface area contributed by atoms with Gasteiger partial charge in [0.1, 0.15) is 17.1 Å². The van der Waals surface area contributed by atoms with E-state index in [0.717, 1.165) is 32.5 Å². The van der Waals surface area contributed by atoms with Crippen molar-refractivity contribution in [3.8, 4) is 0 Å². The molecule has 0 aliphatic carbocycles. The molecule has 4 rings (SSSR count). The van der Waals surface area contributed by atoms with Gasteiger partial charge in [-0.15, -0.1) is 16.9 Å². The van der Waals surface area contributed by atoms with Crippen LogP contribution in [0.4, 0.5) is 0 Å². The van der Waals surface area contributed by atoms with Crippen molar-refractivity contribution >= 4 is 51.4 Å². The highest BCUT2D eigenvalue weighted by Crippen LogP contribution is 2.41. The summed E-state index contributed by atoms with van der Waals surface area (Å²) in [5.74, 6) is -2.74. The Kier molecular flexibility index (Phi) is 7.65. The molecule has 192 valence electrons. The maximum Gasteiger partial charge on any atom is 0.352 e. The second-order valence-corrected chi connectivity index (χ2v) is 11.3. The second kappa shape index (κ2) is 10.6. The summed E-state index contributed by atoms with van der Waals surface area (Å²) in [5, 5.41) is 22.5. The lowest BCUT2D eigenvalue weighted by Crippen LogP contribution is -2.70. The SMILES string of the molecule is NCc1cccc(CC(=O)NC2C(=O)N3C(C(=O)O)=C(CSc4nnnn4CS(=O)(=O)O)CS[C@H]23)c1. The molecule has 2 aromatic rings. The molecule has 2 amide bonds. The molecule has 1 aromatic carbocycles. The average molecular weight is 556 g/mol. The number of thioether (sulfide) groups is 2. The molecule has 1 fully saturated rings. The predicted molar refractivity (Wildman–Crippen MR) is 128 cm³/mol. The summed E-state index contributed by atoms with van der Waals surface area (Å²) in [5.41, 5.74) is 7.47. The van der Waals surface area contributed by atoms with Crippen molar-refractivity contribution in [2.45, 2.75) is 35.4 Å². The molecule has 36 heavy (non-hydrogen) atoms. The van der Waals surface area contributed by atoms with Gasteiger partial charge in [-0.1, -0.05) is 36.0 Å². The van der Waals surface area contributed by atoms with Crippen LogP contribution in [0, 0.1) is 0 Å². The first-order valence-electron chi connectivity index (χ1n) is 10.4. The fourth-order valence-corrected chi connectivity index (χ4v) is 6.68. The number of carboxylic acids is 1. The van der Waals surface area contributed by atoms with E-state index >= 15 is 0 Å². The van der Waals surface area contributed by atoms with Crippen LogP contribution in [-0.4, -0.2) is 83.9 Å². The van der Waals surface area contributed by atoms with Crippen molar-refractivity contribution in [3.05, 3.63) is 46.7 Å². The number of hydrogen-bond acceptors (Lipinski definition) is 11. The Morgan fingerprint density at radius 2 is 2.06 bits per heavy atom. The van der Waals surface area contributed by atoms with Crippen LogP contribution >= 0.6 is 23.5 Å². The normalized spacial score (nSPS) is 19.6. The zero-order chi connectivity index (χ0) is 26.0. The first-order chi connectivity index (χ1) is 17.1. The van der Waals surface area contributed by atoms with Crippen molar-refractivity contribution in [1.29, 1.82) is 0 Å². The van der Waals surface area contributed by atoms with Gasteiger partial charge in [-0.3, -0.25) is 19.0 Å². The summed E-state index contributed by atoms with van der Waals surface area (Å²) in [4.78, 5) is 38.5. The molecular formula is C19H21N7O7S3. The number of nitrogens with two attached hydrogens (primary N) is 1. The number of aliphatic carboxylic acids is 1. The van der Waals surface area contributed by atoms with Gasteiger partial charge in [0.2, 0.25) is 11.1 Å². The largest absolute Gasteiger partial charge is 0.477 e. The molecule has 1 saturated heterocycles. The van der Waals surface area contributed by atoms with E-state index in [1.54, 1.807) is 12.1 Å². The van der Waals surface area contributed by atoms with Crippen LogP contribution in [0.2, 0.25) is 0 Å². The van der Waals surface area contributed by atoms with Gasteiger partial charge < -0.3 is 16.2 Å².